The van der Waals surface area contributed by atoms with Crippen LogP contribution < -0.4 is 0 Å². The van der Waals surface area contributed by atoms with Crippen LogP contribution >= 0.6 is 0 Å². The molecule has 0 aromatic carbocycles. The van der Waals surface area contributed by atoms with Crippen LogP contribution in [0.1, 0.15) is 104 Å². The normalized spacial score (nSPS) is 23.5. The molecule has 1 unspecified atom stereocenters. The zero-order chi connectivity index (χ0) is 16.8. The van der Waals surface area contributed by atoms with Gasteiger partial charge in [0.05, 0.1) is 12.5 Å². The lowest BCUT2D eigenvalue weighted by molar-refractivity contribution is -0.146. The molecule has 1 aliphatic rings. The van der Waals surface area contributed by atoms with Crippen molar-refractivity contribution in [2.45, 2.75) is 104 Å². The van der Waals surface area contributed by atoms with Gasteiger partial charge in [-0.25, -0.2) is 0 Å². The summed E-state index contributed by atoms with van der Waals surface area (Å²) in [5.41, 5.74) is 1.32. The van der Waals surface area contributed by atoms with Crippen molar-refractivity contribution in [1.82, 2.24) is 0 Å². The average molecular weight is 323 g/mol. The average Bonchev–Trinajstić information content (AvgIpc) is 2.54. The Labute approximate surface area is 144 Å². The molecule has 1 aliphatic carbocycles. The number of hydrogen-bond donors (Lipinski definition) is 0. The van der Waals surface area contributed by atoms with E-state index in [0.717, 1.165) is 12.8 Å². The van der Waals surface area contributed by atoms with Crippen LogP contribution in [0.5, 0.6) is 0 Å². The van der Waals surface area contributed by atoms with Crippen LogP contribution in [0.2, 0.25) is 0 Å². The van der Waals surface area contributed by atoms with E-state index in [2.05, 4.69) is 6.08 Å². The molecule has 0 aliphatic heterocycles. The Hall–Kier alpha value is -0.790. The van der Waals surface area contributed by atoms with Gasteiger partial charge in [0, 0.05) is 0 Å². The number of rotatable bonds is 3. The maximum Gasteiger partial charge on any atom is 0.312 e. The molecule has 0 fully saturated rings. The molecule has 0 aromatic heterocycles. The molecule has 2 heteroatoms. The lowest BCUT2D eigenvalue weighted by atomic mass is 9.93. The van der Waals surface area contributed by atoms with Crippen LogP contribution in [0.15, 0.2) is 11.6 Å². The maximum absolute atomic E-state index is 12.0. The van der Waals surface area contributed by atoms with Crippen molar-refractivity contribution in [1.29, 1.82) is 0 Å². The molecule has 0 amide bonds. The van der Waals surface area contributed by atoms with Crippen molar-refractivity contribution >= 4 is 5.97 Å². The number of allylic oxidation sites excluding steroid dienone is 1. The van der Waals surface area contributed by atoms with E-state index in [1.54, 1.807) is 0 Å². The van der Waals surface area contributed by atoms with Gasteiger partial charge in [-0.05, 0) is 39.5 Å². The molecule has 0 bridgehead atoms. The lowest BCUT2D eigenvalue weighted by Gasteiger charge is -2.15. The van der Waals surface area contributed by atoms with Crippen molar-refractivity contribution in [2.75, 3.05) is 6.61 Å². The smallest absolute Gasteiger partial charge is 0.312 e. The predicted octanol–water partition coefficient (Wildman–Crippen LogP) is 6.59. The first-order valence-corrected chi connectivity index (χ1v) is 10.1. The van der Waals surface area contributed by atoms with E-state index < -0.39 is 0 Å². The topological polar surface area (TPSA) is 26.3 Å². The summed E-state index contributed by atoms with van der Waals surface area (Å²) in [5.74, 6) is -0.109. The molecule has 134 valence electrons. The number of carbonyl (C=O) groups is 1. The largest absolute Gasteiger partial charge is 0.466 e. The Balaban J connectivity index is 2.51. The van der Waals surface area contributed by atoms with Crippen molar-refractivity contribution in [3.63, 3.8) is 0 Å². The second-order valence-electron chi connectivity index (χ2n) is 7.03. The highest BCUT2D eigenvalue weighted by Gasteiger charge is 2.18. The lowest BCUT2D eigenvalue weighted by Crippen LogP contribution is -2.17. The van der Waals surface area contributed by atoms with E-state index >= 15 is 0 Å². The second-order valence-corrected chi connectivity index (χ2v) is 7.03. The molecule has 0 radical (unpaired) electrons. The fraction of sp³-hybridized carbons (Fsp3) is 0.857. The van der Waals surface area contributed by atoms with Gasteiger partial charge in [-0.15, -0.1) is 0 Å². The standard InChI is InChI=1S/C21H38O2/c1-3-23-21(22)19(2)20-17-15-13-11-9-7-5-4-6-8-10-12-14-16-18-20/h17,19H,3-16,18H2,1-2H3/b20-17-. The minimum absolute atomic E-state index is 0.0480. The second kappa shape index (κ2) is 13.6. The van der Waals surface area contributed by atoms with E-state index in [4.69, 9.17) is 4.74 Å². The molecule has 23 heavy (non-hydrogen) atoms. The van der Waals surface area contributed by atoms with Gasteiger partial charge in [0.1, 0.15) is 0 Å². The molecule has 1 rings (SSSR count). The number of ether oxygens (including phenoxy) is 1. The minimum atomic E-state index is -0.0613. The Morgan fingerprint density at radius 1 is 0.913 bits per heavy atom. The van der Waals surface area contributed by atoms with Gasteiger partial charge >= 0.3 is 5.97 Å². The third-order valence-electron chi connectivity index (χ3n) is 5.02. The van der Waals surface area contributed by atoms with Gasteiger partial charge < -0.3 is 4.74 Å². The van der Waals surface area contributed by atoms with E-state index in [0.29, 0.717) is 6.61 Å². The highest BCUT2D eigenvalue weighted by atomic mass is 16.5. The van der Waals surface area contributed by atoms with Crippen LogP contribution in [0.4, 0.5) is 0 Å². The Morgan fingerprint density at radius 2 is 1.39 bits per heavy atom. The van der Waals surface area contributed by atoms with Crippen LogP contribution in [-0.4, -0.2) is 12.6 Å². The quantitative estimate of drug-likeness (QED) is 0.433. The van der Waals surface area contributed by atoms with Crippen LogP contribution in [-0.2, 0) is 9.53 Å². The minimum Gasteiger partial charge on any atom is -0.466 e. The van der Waals surface area contributed by atoms with Crippen molar-refractivity contribution in [3.05, 3.63) is 11.6 Å². The van der Waals surface area contributed by atoms with Crippen molar-refractivity contribution in [3.8, 4) is 0 Å². The molecule has 0 aromatic rings. The number of hydrogen-bond acceptors (Lipinski definition) is 2. The van der Waals surface area contributed by atoms with Gasteiger partial charge in [-0.3, -0.25) is 4.79 Å². The van der Waals surface area contributed by atoms with Gasteiger partial charge in [-0.2, -0.15) is 0 Å². The van der Waals surface area contributed by atoms with Crippen molar-refractivity contribution < 1.29 is 9.53 Å². The van der Waals surface area contributed by atoms with E-state index in [9.17, 15) is 4.79 Å². The predicted molar refractivity (Wildman–Crippen MR) is 98.5 cm³/mol. The summed E-state index contributed by atoms with van der Waals surface area (Å²) in [6, 6.07) is 0. The van der Waals surface area contributed by atoms with Crippen LogP contribution in [0, 0.1) is 5.92 Å². The zero-order valence-electron chi connectivity index (χ0n) is 15.6. The monoisotopic (exact) mass is 322 g/mol. The van der Waals surface area contributed by atoms with Crippen LogP contribution in [0.25, 0.3) is 0 Å². The van der Waals surface area contributed by atoms with Gasteiger partial charge in [0.15, 0.2) is 0 Å². The highest BCUT2D eigenvalue weighted by molar-refractivity contribution is 5.75. The summed E-state index contributed by atoms with van der Waals surface area (Å²) in [4.78, 5) is 12.0. The van der Waals surface area contributed by atoms with Crippen LogP contribution in [0.3, 0.4) is 0 Å². The molecule has 0 saturated heterocycles. The maximum atomic E-state index is 12.0. The molecule has 2 nitrogen and oxygen atoms in total. The number of esters is 1. The summed E-state index contributed by atoms with van der Waals surface area (Å²) < 4.78 is 5.22. The molecule has 1 atom stereocenters. The first-order valence-electron chi connectivity index (χ1n) is 10.1. The summed E-state index contributed by atoms with van der Waals surface area (Å²) in [6.45, 7) is 4.39. The van der Waals surface area contributed by atoms with Gasteiger partial charge in [-0.1, -0.05) is 75.9 Å². The number of carbonyl (C=O) groups excluding carboxylic acids is 1. The molecule has 0 spiro atoms. The molecule has 0 N–H and O–H groups in total. The molecular weight excluding hydrogens is 284 g/mol. The SMILES string of the molecule is CCOC(=O)C(C)/C1=C\CCCCCCCCCCCCCC1. The summed E-state index contributed by atoms with van der Waals surface area (Å²) in [6.07, 6.45) is 20.8. The van der Waals surface area contributed by atoms with E-state index in [1.807, 2.05) is 13.8 Å². The molecule has 0 saturated carbocycles. The highest BCUT2D eigenvalue weighted by Crippen LogP contribution is 2.22. The van der Waals surface area contributed by atoms with E-state index in [-0.39, 0.29) is 11.9 Å². The Kier molecular flexibility index (Phi) is 12.0. The van der Waals surface area contributed by atoms with E-state index in [1.165, 1.54) is 82.6 Å². The molecule has 0 heterocycles. The first kappa shape index (κ1) is 20.3. The first-order chi connectivity index (χ1) is 11.3. The third kappa shape index (κ3) is 9.84. The summed E-state index contributed by atoms with van der Waals surface area (Å²) in [5, 5.41) is 0. The van der Waals surface area contributed by atoms with Gasteiger partial charge in [0.2, 0.25) is 0 Å². The Morgan fingerprint density at radius 3 is 1.91 bits per heavy atom. The Bertz CT molecular complexity index is 333. The fourth-order valence-electron chi connectivity index (χ4n) is 3.44. The third-order valence-corrected chi connectivity index (χ3v) is 5.02. The molecular formula is C21H38O2. The fourth-order valence-corrected chi connectivity index (χ4v) is 3.44. The summed E-state index contributed by atoms with van der Waals surface area (Å²) >= 11 is 0. The van der Waals surface area contributed by atoms with Crippen molar-refractivity contribution in [2.24, 2.45) is 5.92 Å². The van der Waals surface area contributed by atoms with Gasteiger partial charge in [0.25, 0.3) is 0 Å². The zero-order valence-corrected chi connectivity index (χ0v) is 15.6. The summed E-state index contributed by atoms with van der Waals surface area (Å²) in [7, 11) is 0.